The van der Waals surface area contributed by atoms with Crippen LogP contribution in [0.4, 0.5) is 13.2 Å². The van der Waals surface area contributed by atoms with Crippen molar-refractivity contribution in [1.29, 1.82) is 0 Å². The van der Waals surface area contributed by atoms with Gasteiger partial charge in [-0.15, -0.1) is 21.8 Å². The number of nitrogens with one attached hydrogen (secondary N) is 1. The highest BCUT2D eigenvalue weighted by molar-refractivity contribution is 6.24. The van der Waals surface area contributed by atoms with Crippen molar-refractivity contribution in [2.24, 2.45) is 17.3 Å². The Bertz CT molecular complexity index is 942. The average Bonchev–Trinajstić information content (AvgIpc) is 2.99. The summed E-state index contributed by atoms with van der Waals surface area (Å²) in [7, 11) is 0. The van der Waals surface area contributed by atoms with Crippen molar-refractivity contribution in [3.8, 4) is 0 Å². The molecule has 1 amide bonds. The number of amides is 1. The van der Waals surface area contributed by atoms with Crippen LogP contribution in [-0.2, 0) is 17.5 Å². The van der Waals surface area contributed by atoms with E-state index in [-0.39, 0.29) is 23.2 Å². The number of nitrogens with zero attached hydrogens (tertiary/aromatic N) is 3. The zero-order valence-corrected chi connectivity index (χ0v) is 15.9. The third kappa shape index (κ3) is 2.88. The molecule has 4 aliphatic carbocycles. The van der Waals surface area contributed by atoms with Gasteiger partial charge in [0.1, 0.15) is 0 Å². The normalized spacial score (nSPS) is 34.1. The van der Waals surface area contributed by atoms with Gasteiger partial charge in [0.15, 0.2) is 11.5 Å². The fourth-order valence-electron chi connectivity index (χ4n) is 5.99. The van der Waals surface area contributed by atoms with Crippen LogP contribution < -0.4 is 5.32 Å². The minimum Gasteiger partial charge on any atom is -0.348 e. The summed E-state index contributed by atoms with van der Waals surface area (Å²) in [5, 5.41) is 10.8. The predicted molar refractivity (Wildman–Crippen MR) is 95.5 cm³/mol. The highest BCUT2D eigenvalue weighted by Crippen LogP contribution is 2.63. The Hall–Kier alpha value is -1.83. The monoisotopic (exact) mass is 412 g/mol. The van der Waals surface area contributed by atoms with Gasteiger partial charge in [-0.05, 0) is 62.5 Å². The highest BCUT2D eigenvalue weighted by Gasteiger charge is 2.60. The lowest BCUT2D eigenvalue weighted by molar-refractivity contribution is -0.144. The number of hydrogen-bond donors (Lipinski definition) is 1. The second-order valence-corrected chi connectivity index (χ2v) is 9.64. The van der Waals surface area contributed by atoms with Gasteiger partial charge in [0.05, 0.1) is 17.5 Å². The minimum atomic E-state index is -4.45. The maximum Gasteiger partial charge on any atom is 0.417 e. The van der Waals surface area contributed by atoms with Gasteiger partial charge in [-0.2, -0.15) is 13.2 Å². The molecule has 0 aromatic carbocycles. The minimum absolute atomic E-state index is 0.0354. The van der Waals surface area contributed by atoms with Gasteiger partial charge in [0.25, 0.3) is 0 Å². The molecule has 2 aromatic rings. The average molecular weight is 413 g/mol. The van der Waals surface area contributed by atoms with E-state index < -0.39 is 17.2 Å². The maximum absolute atomic E-state index is 13.1. The van der Waals surface area contributed by atoms with E-state index in [4.69, 9.17) is 11.6 Å². The lowest BCUT2D eigenvalue weighted by atomic mass is 9.49. The zero-order chi connectivity index (χ0) is 19.7. The van der Waals surface area contributed by atoms with E-state index >= 15 is 0 Å². The molecule has 0 spiro atoms. The molecule has 0 saturated heterocycles. The van der Waals surface area contributed by atoms with Crippen LogP contribution in [0.2, 0.25) is 0 Å². The van der Waals surface area contributed by atoms with E-state index in [0.717, 1.165) is 44.4 Å². The molecule has 0 radical (unpaired) electrons. The topological polar surface area (TPSA) is 59.3 Å². The van der Waals surface area contributed by atoms with Crippen LogP contribution >= 0.6 is 11.6 Å². The van der Waals surface area contributed by atoms with Gasteiger partial charge < -0.3 is 5.32 Å². The Balaban J connectivity index is 1.36. The van der Waals surface area contributed by atoms with Gasteiger partial charge in [0.2, 0.25) is 5.91 Å². The molecular formula is C19H20ClF3N4O. The number of carbonyl (C=O) groups excluding carboxylic acids is 1. The fraction of sp³-hybridized carbons (Fsp3) is 0.632. The largest absolute Gasteiger partial charge is 0.417 e. The van der Waals surface area contributed by atoms with Crippen LogP contribution in [0.25, 0.3) is 5.65 Å². The molecule has 9 heteroatoms. The summed E-state index contributed by atoms with van der Waals surface area (Å²) in [6.07, 6.45) is 2.01. The van der Waals surface area contributed by atoms with Crippen molar-refractivity contribution in [3.05, 3.63) is 29.7 Å². The number of halogens is 4. The SMILES string of the molecule is O=C(NCc1nnc2ccc(C(F)(F)F)cn12)C12CC3CC(CC(Cl)(C3)C1)C2. The van der Waals surface area contributed by atoms with Crippen LogP contribution in [0, 0.1) is 17.3 Å². The van der Waals surface area contributed by atoms with Crippen LogP contribution in [0.15, 0.2) is 18.3 Å². The van der Waals surface area contributed by atoms with Crippen LogP contribution in [0.3, 0.4) is 0 Å². The molecule has 1 N–H and O–H groups in total. The van der Waals surface area contributed by atoms with Crippen molar-refractivity contribution in [2.45, 2.75) is 56.1 Å². The molecule has 4 saturated carbocycles. The molecule has 2 heterocycles. The first-order chi connectivity index (χ1) is 13.2. The Labute approximate surface area is 164 Å². The third-order valence-corrected chi connectivity index (χ3v) is 7.12. The summed E-state index contributed by atoms with van der Waals surface area (Å²) in [5.41, 5.74) is -0.923. The van der Waals surface area contributed by atoms with Crippen molar-refractivity contribution < 1.29 is 18.0 Å². The molecule has 2 unspecified atom stereocenters. The van der Waals surface area contributed by atoms with E-state index in [1.807, 2.05) is 0 Å². The number of carbonyl (C=O) groups is 1. The zero-order valence-electron chi connectivity index (χ0n) is 15.1. The van der Waals surface area contributed by atoms with Crippen LogP contribution in [0.1, 0.15) is 49.9 Å². The van der Waals surface area contributed by atoms with E-state index in [0.29, 0.717) is 23.9 Å². The Morgan fingerprint density at radius 3 is 2.57 bits per heavy atom. The molecule has 2 atom stereocenters. The van der Waals surface area contributed by atoms with Gasteiger partial charge in [-0.3, -0.25) is 9.20 Å². The summed E-state index contributed by atoms with van der Waals surface area (Å²) in [6, 6.07) is 2.25. The number of alkyl halides is 4. The second kappa shape index (κ2) is 5.84. The van der Waals surface area contributed by atoms with Crippen molar-refractivity contribution in [2.75, 3.05) is 0 Å². The Kier molecular flexibility index (Phi) is 3.80. The Morgan fingerprint density at radius 1 is 1.21 bits per heavy atom. The quantitative estimate of drug-likeness (QED) is 0.777. The molecule has 28 heavy (non-hydrogen) atoms. The highest BCUT2D eigenvalue weighted by atomic mass is 35.5. The summed E-state index contributed by atoms with van der Waals surface area (Å²) in [5.74, 6) is 1.20. The van der Waals surface area contributed by atoms with Crippen LogP contribution in [0.5, 0.6) is 0 Å². The number of hydrogen-bond acceptors (Lipinski definition) is 3. The molecule has 150 valence electrons. The summed E-state index contributed by atoms with van der Waals surface area (Å²) >= 11 is 6.79. The third-order valence-electron chi connectivity index (χ3n) is 6.68. The van der Waals surface area contributed by atoms with Crippen LogP contribution in [-0.4, -0.2) is 25.4 Å². The molecule has 4 bridgehead atoms. The lowest BCUT2D eigenvalue weighted by Crippen LogP contribution is -2.58. The van der Waals surface area contributed by atoms with Crippen molar-refractivity contribution in [1.82, 2.24) is 19.9 Å². The van der Waals surface area contributed by atoms with Crippen molar-refractivity contribution >= 4 is 23.2 Å². The summed E-state index contributed by atoms with van der Waals surface area (Å²) in [4.78, 5) is 12.8. The maximum atomic E-state index is 13.1. The molecule has 2 aromatic heterocycles. The first-order valence-corrected chi connectivity index (χ1v) is 9.92. The van der Waals surface area contributed by atoms with Gasteiger partial charge in [-0.1, -0.05) is 0 Å². The Morgan fingerprint density at radius 2 is 1.93 bits per heavy atom. The molecule has 4 aliphatic rings. The standard InChI is InChI=1S/C19H20ClF3N4O/c20-18-6-11-3-12(7-18)5-17(4-11,10-18)16(28)24-8-15-26-25-14-2-1-13(9-27(14)15)19(21,22)23/h1-2,9,11-12H,3-8,10H2,(H,24,28). The number of fused-ring (bicyclic) bond motifs is 1. The molecular weight excluding hydrogens is 393 g/mol. The summed E-state index contributed by atoms with van der Waals surface area (Å²) < 4.78 is 40.3. The van der Waals surface area contributed by atoms with Gasteiger partial charge >= 0.3 is 6.18 Å². The first-order valence-electron chi connectivity index (χ1n) is 9.54. The molecule has 4 fully saturated rings. The number of pyridine rings is 1. The fourth-order valence-corrected chi connectivity index (χ4v) is 6.68. The van der Waals surface area contributed by atoms with Gasteiger partial charge in [0, 0.05) is 11.1 Å². The van der Waals surface area contributed by atoms with Crippen molar-refractivity contribution in [3.63, 3.8) is 0 Å². The van der Waals surface area contributed by atoms with Gasteiger partial charge in [-0.25, -0.2) is 0 Å². The second-order valence-electron chi connectivity index (χ2n) is 8.83. The van der Waals surface area contributed by atoms with E-state index in [2.05, 4.69) is 15.5 Å². The number of aromatic nitrogens is 3. The first kappa shape index (κ1) is 18.2. The smallest absolute Gasteiger partial charge is 0.348 e. The lowest BCUT2D eigenvalue weighted by Gasteiger charge is -2.59. The summed E-state index contributed by atoms with van der Waals surface area (Å²) in [6.45, 7) is 0.0354. The molecule has 6 rings (SSSR count). The molecule has 0 aliphatic heterocycles. The number of rotatable bonds is 3. The van der Waals surface area contributed by atoms with E-state index in [9.17, 15) is 18.0 Å². The predicted octanol–water partition coefficient (Wildman–Crippen LogP) is 3.94. The van der Waals surface area contributed by atoms with E-state index in [1.165, 1.54) is 10.5 Å². The van der Waals surface area contributed by atoms with E-state index in [1.54, 1.807) is 0 Å². The molecule has 5 nitrogen and oxygen atoms in total.